The van der Waals surface area contributed by atoms with E-state index >= 15 is 0 Å². The average Bonchev–Trinajstić information content (AvgIpc) is 2.15. The minimum absolute atomic E-state index is 0. The number of benzene rings is 1. The Labute approximate surface area is 111 Å². The minimum Gasteiger partial charge on any atom is -1.00 e. The highest BCUT2D eigenvalue weighted by molar-refractivity contribution is 9.10. The second kappa shape index (κ2) is 5.58. The Hall–Kier alpha value is -0.690. The number of diazo groups is 1. The first-order valence-corrected chi connectivity index (χ1v) is 5.83. The molecule has 0 fully saturated rings. The molecule has 1 aromatic rings. The Morgan fingerprint density at radius 3 is 2.44 bits per heavy atom. The van der Waals surface area contributed by atoms with Crippen LogP contribution in [0.15, 0.2) is 21.5 Å². The summed E-state index contributed by atoms with van der Waals surface area (Å²) in [7, 11) is -3.03. The third kappa shape index (κ3) is 3.15. The Bertz CT molecular complexity index is 538. The molecular formula is C7H6Br2N2O4S. The molecule has 0 aromatic heterocycles. The first kappa shape index (κ1) is 15.3. The van der Waals surface area contributed by atoms with Crippen LogP contribution in [-0.4, -0.2) is 20.1 Å². The van der Waals surface area contributed by atoms with E-state index in [1.807, 2.05) is 0 Å². The maximum absolute atomic E-state index is 10.9. The third-order valence-electron chi connectivity index (χ3n) is 1.62. The largest absolute Gasteiger partial charge is 1.00 e. The molecule has 0 saturated heterocycles. The highest BCUT2D eigenvalue weighted by Crippen LogP contribution is 2.35. The Morgan fingerprint density at radius 2 is 2.06 bits per heavy atom. The summed E-state index contributed by atoms with van der Waals surface area (Å²) in [6.45, 7) is 0. The minimum atomic E-state index is -4.36. The Kier molecular flexibility index (Phi) is 5.34. The molecule has 1 aromatic carbocycles. The first-order valence-electron chi connectivity index (χ1n) is 3.60. The summed E-state index contributed by atoms with van der Waals surface area (Å²) >= 11 is 2.94. The molecule has 9 heteroatoms. The lowest BCUT2D eigenvalue weighted by Crippen LogP contribution is -3.00. The topological polar surface area (TPSA) is 91.8 Å². The van der Waals surface area contributed by atoms with E-state index in [2.05, 4.69) is 20.9 Å². The van der Waals surface area contributed by atoms with Crippen LogP contribution in [0.1, 0.15) is 0 Å². The van der Waals surface area contributed by atoms with E-state index in [1.165, 1.54) is 13.2 Å². The predicted octanol–water partition coefficient (Wildman–Crippen LogP) is -0.807. The SMILES string of the molecule is COc1cc(Br)c(S(=O)(=O)O)cc1[N+]#N.[Br-]. The average molecular weight is 374 g/mol. The van der Waals surface area contributed by atoms with Crippen molar-refractivity contribution >= 4 is 31.7 Å². The normalized spacial score (nSPS) is 10.1. The molecule has 0 bridgehead atoms. The van der Waals surface area contributed by atoms with Gasteiger partial charge >= 0.3 is 5.69 Å². The van der Waals surface area contributed by atoms with Crippen molar-refractivity contribution in [3.05, 3.63) is 21.6 Å². The molecule has 6 nitrogen and oxygen atoms in total. The number of halogens is 2. The van der Waals surface area contributed by atoms with Crippen LogP contribution in [0.2, 0.25) is 0 Å². The summed E-state index contributed by atoms with van der Waals surface area (Å²) in [5, 5.41) is 8.58. The van der Waals surface area contributed by atoms with Gasteiger partial charge < -0.3 is 21.7 Å². The molecular weight excluding hydrogens is 368 g/mol. The molecule has 0 heterocycles. The highest BCUT2D eigenvalue weighted by Gasteiger charge is 2.24. The second-order valence-corrected chi connectivity index (χ2v) is 4.77. The zero-order valence-electron chi connectivity index (χ0n) is 7.89. The van der Waals surface area contributed by atoms with Gasteiger partial charge in [0.05, 0.1) is 13.2 Å². The van der Waals surface area contributed by atoms with Crippen LogP contribution >= 0.6 is 15.9 Å². The number of ether oxygens (including phenoxy) is 1. The molecule has 0 unspecified atom stereocenters. The van der Waals surface area contributed by atoms with Crippen molar-refractivity contribution in [2.45, 2.75) is 4.90 Å². The fourth-order valence-electron chi connectivity index (χ4n) is 0.964. The molecule has 0 spiro atoms. The van der Waals surface area contributed by atoms with E-state index in [-0.39, 0.29) is 32.9 Å². The van der Waals surface area contributed by atoms with Crippen molar-refractivity contribution < 1.29 is 34.7 Å². The zero-order chi connectivity index (χ0) is 11.6. The zero-order valence-corrected chi connectivity index (χ0v) is 11.9. The lowest BCUT2D eigenvalue weighted by molar-refractivity contribution is -0.00000762. The van der Waals surface area contributed by atoms with Crippen LogP contribution in [0.25, 0.3) is 4.98 Å². The van der Waals surface area contributed by atoms with Gasteiger partial charge in [-0.1, -0.05) is 0 Å². The fraction of sp³-hybridized carbons (Fsp3) is 0.143. The van der Waals surface area contributed by atoms with Crippen molar-refractivity contribution in [1.29, 1.82) is 5.39 Å². The summed E-state index contributed by atoms with van der Waals surface area (Å²) in [6.07, 6.45) is 0. The van der Waals surface area contributed by atoms with Crippen LogP contribution in [0.3, 0.4) is 0 Å². The van der Waals surface area contributed by atoms with Crippen LogP contribution in [0, 0.1) is 5.39 Å². The van der Waals surface area contributed by atoms with Crippen molar-refractivity contribution in [3.63, 3.8) is 0 Å². The third-order valence-corrected chi connectivity index (χ3v) is 3.43. The van der Waals surface area contributed by atoms with Gasteiger partial charge in [-0.25, -0.2) is 0 Å². The van der Waals surface area contributed by atoms with Crippen LogP contribution in [0.4, 0.5) is 5.69 Å². The van der Waals surface area contributed by atoms with Gasteiger partial charge in [-0.2, -0.15) is 8.42 Å². The lowest BCUT2D eigenvalue weighted by atomic mass is 10.3. The van der Waals surface area contributed by atoms with E-state index in [4.69, 9.17) is 14.7 Å². The summed E-state index contributed by atoms with van der Waals surface area (Å²) < 4.78 is 35.5. The van der Waals surface area contributed by atoms with E-state index in [1.54, 1.807) is 0 Å². The molecule has 0 saturated carbocycles. The lowest BCUT2D eigenvalue weighted by Gasteiger charge is -2.01. The fourth-order valence-corrected chi connectivity index (χ4v) is 2.47. The standard InChI is InChI=1S/C7H5BrN2O4S.BrH/c1-14-6-2-4(8)7(15(11,12)13)3-5(6)10-9;/h2-3H,1H3;1H. The van der Waals surface area contributed by atoms with Crippen LogP contribution in [0.5, 0.6) is 5.75 Å². The monoisotopic (exact) mass is 372 g/mol. The van der Waals surface area contributed by atoms with E-state index in [9.17, 15) is 8.42 Å². The van der Waals surface area contributed by atoms with Crippen molar-refractivity contribution in [2.75, 3.05) is 7.11 Å². The van der Waals surface area contributed by atoms with Crippen LogP contribution in [-0.2, 0) is 10.1 Å². The Balaban J connectivity index is 0.00000225. The molecule has 0 atom stereocenters. The van der Waals surface area contributed by atoms with Gasteiger partial charge in [0.2, 0.25) is 11.1 Å². The quantitative estimate of drug-likeness (QED) is 0.541. The molecule has 0 aliphatic carbocycles. The summed E-state index contributed by atoms with van der Waals surface area (Å²) in [4.78, 5) is 2.44. The summed E-state index contributed by atoms with van der Waals surface area (Å²) in [6, 6.07) is 2.26. The van der Waals surface area contributed by atoms with Gasteiger partial charge in [0.25, 0.3) is 10.1 Å². The number of rotatable bonds is 2. The van der Waals surface area contributed by atoms with Crippen LogP contribution < -0.4 is 21.7 Å². The number of hydrogen-bond acceptors (Lipinski definition) is 4. The molecule has 0 amide bonds. The molecule has 16 heavy (non-hydrogen) atoms. The molecule has 0 radical (unpaired) electrons. The summed E-state index contributed by atoms with van der Waals surface area (Å²) in [5.74, 6) is 0.178. The van der Waals surface area contributed by atoms with E-state index in [0.29, 0.717) is 0 Å². The number of nitrogens with zero attached hydrogens (tertiary/aromatic N) is 2. The smallest absolute Gasteiger partial charge is 0.427 e. The van der Waals surface area contributed by atoms with Gasteiger partial charge in [0.15, 0.2) is 4.98 Å². The van der Waals surface area contributed by atoms with Crippen molar-refractivity contribution in [1.82, 2.24) is 0 Å². The molecule has 1 rings (SSSR count). The van der Waals surface area contributed by atoms with E-state index in [0.717, 1.165) is 6.07 Å². The van der Waals surface area contributed by atoms with Gasteiger partial charge in [0.1, 0.15) is 4.90 Å². The van der Waals surface area contributed by atoms with Gasteiger partial charge in [-0.05, 0) is 15.9 Å². The maximum atomic E-state index is 10.9. The van der Waals surface area contributed by atoms with Crippen molar-refractivity contribution in [2.24, 2.45) is 0 Å². The first-order chi connectivity index (χ1) is 6.90. The van der Waals surface area contributed by atoms with Gasteiger partial charge in [-0.15, -0.1) is 0 Å². The molecule has 0 aliphatic rings. The van der Waals surface area contributed by atoms with Gasteiger partial charge in [0, 0.05) is 10.5 Å². The number of methoxy groups -OCH3 is 1. The molecule has 0 aliphatic heterocycles. The molecule has 88 valence electrons. The highest BCUT2D eigenvalue weighted by atomic mass is 79.9. The number of hydrogen-bond donors (Lipinski definition) is 1. The predicted molar refractivity (Wildman–Crippen MR) is 55.3 cm³/mol. The van der Waals surface area contributed by atoms with Crippen molar-refractivity contribution in [3.8, 4) is 5.75 Å². The summed E-state index contributed by atoms with van der Waals surface area (Å²) in [5.41, 5.74) is -0.0895. The Morgan fingerprint density at radius 1 is 1.50 bits per heavy atom. The molecule has 1 N–H and O–H groups in total. The van der Waals surface area contributed by atoms with E-state index < -0.39 is 15.0 Å². The van der Waals surface area contributed by atoms with Gasteiger partial charge in [-0.3, -0.25) is 4.55 Å². The maximum Gasteiger partial charge on any atom is 0.427 e. The second-order valence-electron chi connectivity index (χ2n) is 2.53.